The van der Waals surface area contributed by atoms with Crippen molar-refractivity contribution >= 4 is 34.0 Å². The Bertz CT molecular complexity index is 1240. The van der Waals surface area contributed by atoms with Gasteiger partial charge in [-0.1, -0.05) is 18.2 Å². The lowest BCUT2D eigenvalue weighted by Crippen LogP contribution is -2.14. The largest absolute Gasteiger partial charge is 0.490 e. The van der Waals surface area contributed by atoms with Gasteiger partial charge in [0.2, 0.25) is 5.91 Å². The van der Waals surface area contributed by atoms with E-state index in [4.69, 9.17) is 4.74 Å². The molecular formula is C26H29N5O2S2. The van der Waals surface area contributed by atoms with Gasteiger partial charge in [-0.3, -0.25) is 4.79 Å². The molecule has 0 atom stereocenters. The van der Waals surface area contributed by atoms with Crippen LogP contribution in [0.15, 0.2) is 29.4 Å². The molecule has 7 nitrogen and oxygen atoms in total. The zero-order chi connectivity index (χ0) is 24.2. The maximum atomic E-state index is 12.7. The van der Waals surface area contributed by atoms with E-state index in [0.29, 0.717) is 21.8 Å². The zero-order valence-corrected chi connectivity index (χ0v) is 21.5. The number of nitriles is 1. The summed E-state index contributed by atoms with van der Waals surface area (Å²) in [5, 5.41) is 22.6. The Kier molecular flexibility index (Phi) is 7.40. The summed E-state index contributed by atoms with van der Waals surface area (Å²) in [6.07, 6.45) is 10.4. The van der Waals surface area contributed by atoms with Gasteiger partial charge in [0.25, 0.3) is 0 Å². The van der Waals surface area contributed by atoms with Crippen LogP contribution < -0.4 is 10.1 Å². The molecule has 0 spiro atoms. The molecule has 0 radical (unpaired) electrons. The van der Waals surface area contributed by atoms with E-state index in [9.17, 15) is 10.1 Å². The van der Waals surface area contributed by atoms with Gasteiger partial charge in [0, 0.05) is 17.5 Å². The van der Waals surface area contributed by atoms with E-state index in [2.05, 4.69) is 21.6 Å². The lowest BCUT2D eigenvalue weighted by atomic mass is 10.1. The maximum absolute atomic E-state index is 12.7. The van der Waals surface area contributed by atoms with Crippen LogP contribution in [-0.2, 0) is 24.7 Å². The third kappa shape index (κ3) is 5.39. The van der Waals surface area contributed by atoms with Gasteiger partial charge in [-0.05, 0) is 81.2 Å². The topological polar surface area (TPSA) is 92.8 Å². The van der Waals surface area contributed by atoms with Crippen LogP contribution in [0.4, 0.5) is 5.00 Å². The summed E-state index contributed by atoms with van der Waals surface area (Å²) in [5.41, 5.74) is 2.73. The van der Waals surface area contributed by atoms with Gasteiger partial charge in [0.05, 0.1) is 17.4 Å². The van der Waals surface area contributed by atoms with E-state index in [1.54, 1.807) is 11.3 Å². The van der Waals surface area contributed by atoms with E-state index in [0.717, 1.165) is 61.2 Å². The molecule has 0 bridgehead atoms. The van der Waals surface area contributed by atoms with Gasteiger partial charge in [-0.25, -0.2) is 0 Å². The fourth-order valence-corrected chi connectivity index (χ4v) is 6.78. The van der Waals surface area contributed by atoms with E-state index in [1.165, 1.54) is 35.9 Å². The lowest BCUT2D eigenvalue weighted by Gasteiger charge is -2.13. The Morgan fingerprint density at radius 2 is 1.94 bits per heavy atom. The number of amides is 1. The number of aryl methyl sites for hydroxylation is 1. The van der Waals surface area contributed by atoms with Crippen LogP contribution in [0, 0.1) is 11.3 Å². The smallest absolute Gasteiger partial charge is 0.235 e. The molecule has 2 aliphatic rings. The fourth-order valence-electron chi connectivity index (χ4n) is 4.82. The Morgan fingerprint density at radius 1 is 1.17 bits per heavy atom. The number of nitrogens with one attached hydrogen (secondary N) is 1. The number of aromatic nitrogens is 3. The summed E-state index contributed by atoms with van der Waals surface area (Å²) < 4.78 is 7.96. The molecule has 2 heterocycles. The Hall–Kier alpha value is -2.83. The predicted molar refractivity (Wildman–Crippen MR) is 139 cm³/mol. The number of benzene rings is 1. The molecule has 0 saturated heterocycles. The first-order chi connectivity index (χ1) is 17.1. The van der Waals surface area contributed by atoms with Crippen molar-refractivity contribution < 1.29 is 9.53 Å². The summed E-state index contributed by atoms with van der Waals surface area (Å²) >= 11 is 2.90. The second-order valence-electron chi connectivity index (χ2n) is 9.13. The third-order valence-electron chi connectivity index (χ3n) is 6.67. The molecule has 2 aromatic heterocycles. The maximum Gasteiger partial charge on any atom is 0.235 e. The van der Waals surface area contributed by atoms with Crippen molar-refractivity contribution in [3.8, 4) is 23.2 Å². The molecule has 1 aromatic carbocycles. The number of nitrogens with zero attached hydrogens (tertiary/aromatic N) is 4. The minimum absolute atomic E-state index is 0.138. The number of fused-ring (bicyclic) bond motifs is 1. The highest BCUT2D eigenvalue weighted by Gasteiger charge is 2.22. The van der Waals surface area contributed by atoms with Crippen molar-refractivity contribution in [1.82, 2.24) is 14.8 Å². The van der Waals surface area contributed by atoms with E-state index >= 15 is 0 Å². The first-order valence-electron chi connectivity index (χ1n) is 12.3. The summed E-state index contributed by atoms with van der Waals surface area (Å²) in [6.45, 7) is 0. The summed E-state index contributed by atoms with van der Waals surface area (Å²) in [7, 11) is 1.91. The molecule has 1 saturated carbocycles. The molecule has 1 N–H and O–H groups in total. The average Bonchev–Trinajstić information content (AvgIpc) is 3.54. The number of thiophene rings is 1. The number of ether oxygens (including phenoxy) is 1. The summed E-state index contributed by atoms with van der Waals surface area (Å²) in [4.78, 5) is 13.9. The highest BCUT2D eigenvalue weighted by atomic mass is 32.2. The molecular weight excluding hydrogens is 478 g/mol. The van der Waals surface area contributed by atoms with Gasteiger partial charge in [-0.2, -0.15) is 5.26 Å². The monoisotopic (exact) mass is 507 g/mol. The first-order valence-corrected chi connectivity index (χ1v) is 14.1. The SMILES string of the molecule is Cn1c(SCC(=O)Nc2sc3c(c2C#N)CCCCC3)nnc1-c1ccc(OC2CCCC2)cc1. The quantitative estimate of drug-likeness (QED) is 0.324. The van der Waals surface area contributed by atoms with Crippen LogP contribution >= 0.6 is 23.1 Å². The third-order valence-corrected chi connectivity index (χ3v) is 8.90. The Labute approximate surface area is 213 Å². The van der Waals surface area contributed by atoms with Gasteiger partial charge < -0.3 is 14.6 Å². The highest BCUT2D eigenvalue weighted by molar-refractivity contribution is 7.99. The second-order valence-corrected chi connectivity index (χ2v) is 11.2. The predicted octanol–water partition coefficient (Wildman–Crippen LogP) is 5.74. The van der Waals surface area contributed by atoms with Gasteiger partial charge in [0.15, 0.2) is 11.0 Å². The van der Waals surface area contributed by atoms with Gasteiger partial charge >= 0.3 is 0 Å². The number of carbonyl (C=O) groups is 1. The second kappa shape index (κ2) is 10.8. The summed E-state index contributed by atoms with van der Waals surface area (Å²) in [5.74, 6) is 1.69. The van der Waals surface area contributed by atoms with E-state index < -0.39 is 0 Å². The Balaban J connectivity index is 1.20. The molecule has 9 heteroatoms. The molecule has 3 aromatic rings. The lowest BCUT2D eigenvalue weighted by molar-refractivity contribution is -0.113. The molecule has 35 heavy (non-hydrogen) atoms. The van der Waals surface area contributed by atoms with Gasteiger partial charge in [0.1, 0.15) is 16.8 Å². The van der Waals surface area contributed by atoms with Crippen molar-refractivity contribution in [3.05, 3.63) is 40.3 Å². The number of anilines is 1. The van der Waals surface area contributed by atoms with Crippen molar-refractivity contribution in [2.75, 3.05) is 11.1 Å². The Morgan fingerprint density at radius 3 is 2.71 bits per heavy atom. The highest BCUT2D eigenvalue weighted by Crippen LogP contribution is 2.37. The first kappa shape index (κ1) is 23.9. The molecule has 5 rings (SSSR count). The van der Waals surface area contributed by atoms with Gasteiger partial charge in [-0.15, -0.1) is 21.5 Å². The van der Waals surface area contributed by atoms with Crippen molar-refractivity contribution in [3.63, 3.8) is 0 Å². The van der Waals surface area contributed by atoms with Crippen LogP contribution in [0.2, 0.25) is 0 Å². The molecule has 0 aliphatic heterocycles. The van der Waals surface area contributed by atoms with Crippen molar-refractivity contribution in [1.29, 1.82) is 5.26 Å². The molecule has 1 fully saturated rings. The minimum atomic E-state index is -0.138. The van der Waals surface area contributed by atoms with Crippen LogP contribution in [0.3, 0.4) is 0 Å². The minimum Gasteiger partial charge on any atom is -0.490 e. The van der Waals surface area contributed by atoms with Crippen LogP contribution in [-0.4, -0.2) is 32.5 Å². The molecule has 1 amide bonds. The van der Waals surface area contributed by atoms with Crippen LogP contribution in [0.1, 0.15) is 60.9 Å². The number of rotatable bonds is 7. The number of hydrogen-bond acceptors (Lipinski definition) is 7. The van der Waals surface area contributed by atoms with Crippen LogP contribution in [0.25, 0.3) is 11.4 Å². The molecule has 182 valence electrons. The normalized spacial score (nSPS) is 15.9. The molecule has 0 unspecified atom stereocenters. The number of carbonyl (C=O) groups excluding carboxylic acids is 1. The zero-order valence-electron chi connectivity index (χ0n) is 19.9. The number of hydrogen-bond donors (Lipinski definition) is 1. The average molecular weight is 508 g/mol. The van der Waals surface area contributed by atoms with Crippen LogP contribution in [0.5, 0.6) is 5.75 Å². The van der Waals surface area contributed by atoms with E-state index in [-0.39, 0.29) is 11.7 Å². The molecule has 2 aliphatic carbocycles. The standard InChI is InChI=1S/C26H29N5O2S2/c1-31-24(17-11-13-19(14-12-17)33-18-7-5-6-8-18)29-30-26(31)34-16-23(32)28-25-21(15-27)20-9-3-2-4-10-22(20)35-25/h11-14,18H,2-10,16H2,1H3,(H,28,32). The number of thioether (sulfide) groups is 1. The van der Waals surface area contributed by atoms with E-state index in [1.807, 2.05) is 35.9 Å². The van der Waals surface area contributed by atoms with Crippen molar-refractivity contribution in [2.24, 2.45) is 7.05 Å². The van der Waals surface area contributed by atoms with Crippen molar-refractivity contribution in [2.45, 2.75) is 69.0 Å². The fraction of sp³-hybridized carbons (Fsp3) is 0.462. The summed E-state index contributed by atoms with van der Waals surface area (Å²) in [6, 6.07) is 10.3.